The van der Waals surface area contributed by atoms with Crippen LogP contribution in [0.2, 0.25) is 0 Å². The predicted molar refractivity (Wildman–Crippen MR) is 118 cm³/mol. The molecule has 0 bridgehead atoms. The Balaban J connectivity index is 1.57. The molecule has 5 rings (SSSR count). The average Bonchev–Trinajstić information content (AvgIpc) is 3.53. The number of carbonyl (C=O) groups is 2. The molecule has 3 heterocycles. The van der Waals surface area contributed by atoms with E-state index in [1.54, 1.807) is 6.26 Å². The summed E-state index contributed by atoms with van der Waals surface area (Å²) in [5.74, 6) is 0.240. The van der Waals surface area contributed by atoms with Gasteiger partial charge in [0.2, 0.25) is 5.91 Å². The van der Waals surface area contributed by atoms with Crippen LogP contribution in [-0.2, 0) is 11.2 Å². The van der Waals surface area contributed by atoms with E-state index in [4.69, 9.17) is 4.42 Å². The van der Waals surface area contributed by atoms with Gasteiger partial charge in [0.1, 0.15) is 11.8 Å². The summed E-state index contributed by atoms with van der Waals surface area (Å²) in [4.78, 5) is 31.1. The molecule has 1 saturated heterocycles. The van der Waals surface area contributed by atoms with Crippen molar-refractivity contribution >= 4 is 11.8 Å². The molecule has 5 heteroatoms. The third kappa shape index (κ3) is 3.65. The minimum absolute atomic E-state index is 0.0431. The molecule has 0 unspecified atom stereocenters. The van der Waals surface area contributed by atoms with Gasteiger partial charge in [-0.25, -0.2) is 0 Å². The minimum Gasteiger partial charge on any atom is -0.467 e. The van der Waals surface area contributed by atoms with E-state index >= 15 is 0 Å². The quantitative estimate of drug-likeness (QED) is 0.621. The Morgan fingerprint density at radius 3 is 2.42 bits per heavy atom. The number of nitrogens with zero attached hydrogens (tertiary/aromatic N) is 2. The minimum atomic E-state index is -0.464. The molecule has 0 aliphatic carbocycles. The fraction of sp³-hybridized carbons (Fsp3) is 0.308. The van der Waals surface area contributed by atoms with Crippen molar-refractivity contribution in [2.75, 3.05) is 19.6 Å². The standard InChI is InChI=1S/C26H26N2O3/c29-25-21-12-5-4-11-20(21)23(26(30)27-15-6-7-16-27)24(22-13-8-18-31-22)28(25)17-14-19-9-2-1-3-10-19/h1-5,8-13,18,23-24H,6-7,14-17H2/t23-,24+/m1/s1. The van der Waals surface area contributed by atoms with Gasteiger partial charge in [0.05, 0.1) is 12.2 Å². The molecule has 2 atom stereocenters. The Kier molecular flexibility index (Phi) is 5.33. The van der Waals surface area contributed by atoms with Crippen molar-refractivity contribution in [1.29, 1.82) is 0 Å². The third-order valence-electron chi connectivity index (χ3n) is 6.44. The van der Waals surface area contributed by atoms with Crippen molar-refractivity contribution < 1.29 is 14.0 Å². The SMILES string of the molecule is O=C([C@@H]1c2ccccc2C(=O)N(CCc2ccccc2)[C@H]1c1ccco1)N1CCCC1. The molecule has 158 valence electrons. The summed E-state index contributed by atoms with van der Waals surface area (Å²) in [5.41, 5.74) is 2.59. The molecule has 2 aromatic carbocycles. The number of benzene rings is 2. The van der Waals surface area contributed by atoms with Gasteiger partial charge >= 0.3 is 0 Å². The second kappa shape index (κ2) is 8.42. The number of furan rings is 1. The fourth-order valence-electron chi connectivity index (χ4n) is 4.91. The topological polar surface area (TPSA) is 53.8 Å². The fourth-order valence-corrected chi connectivity index (χ4v) is 4.91. The van der Waals surface area contributed by atoms with E-state index in [-0.39, 0.29) is 11.8 Å². The maximum absolute atomic E-state index is 13.7. The van der Waals surface area contributed by atoms with E-state index in [1.165, 1.54) is 0 Å². The molecule has 0 radical (unpaired) electrons. The van der Waals surface area contributed by atoms with Crippen LogP contribution in [-0.4, -0.2) is 41.2 Å². The Morgan fingerprint density at radius 2 is 1.68 bits per heavy atom. The zero-order valence-electron chi connectivity index (χ0n) is 17.4. The highest BCUT2D eigenvalue weighted by Crippen LogP contribution is 2.44. The summed E-state index contributed by atoms with van der Waals surface area (Å²) in [6.07, 6.45) is 4.40. The zero-order chi connectivity index (χ0) is 21.2. The summed E-state index contributed by atoms with van der Waals surface area (Å²) in [6, 6.07) is 20.9. The molecular formula is C26H26N2O3. The highest BCUT2D eigenvalue weighted by atomic mass is 16.3. The molecule has 1 fully saturated rings. The summed E-state index contributed by atoms with van der Waals surface area (Å²) < 4.78 is 5.80. The molecule has 2 aliphatic heterocycles. The van der Waals surface area contributed by atoms with Crippen molar-refractivity contribution in [3.8, 4) is 0 Å². The Labute approximate surface area is 182 Å². The molecule has 0 N–H and O–H groups in total. The summed E-state index contributed by atoms with van der Waals surface area (Å²) in [7, 11) is 0. The van der Waals surface area contributed by atoms with Crippen molar-refractivity contribution in [2.24, 2.45) is 0 Å². The normalized spacial score (nSPS) is 20.7. The number of hydrogen-bond donors (Lipinski definition) is 0. The Bertz CT molecular complexity index is 1060. The van der Waals surface area contributed by atoms with Gasteiger partial charge in [-0.3, -0.25) is 9.59 Å². The van der Waals surface area contributed by atoms with Gasteiger partial charge in [0.15, 0.2) is 0 Å². The van der Waals surface area contributed by atoms with E-state index in [2.05, 4.69) is 12.1 Å². The molecule has 3 aromatic rings. The van der Waals surface area contributed by atoms with E-state index in [0.717, 1.165) is 43.5 Å². The van der Waals surface area contributed by atoms with Crippen LogP contribution in [0.25, 0.3) is 0 Å². The zero-order valence-corrected chi connectivity index (χ0v) is 17.4. The number of likely N-dealkylation sites (tertiary alicyclic amines) is 1. The van der Waals surface area contributed by atoms with Gasteiger partial charge in [0, 0.05) is 25.2 Å². The number of carbonyl (C=O) groups excluding carboxylic acids is 2. The van der Waals surface area contributed by atoms with Crippen molar-refractivity contribution in [3.05, 3.63) is 95.4 Å². The molecule has 5 nitrogen and oxygen atoms in total. The van der Waals surface area contributed by atoms with E-state index in [9.17, 15) is 9.59 Å². The lowest BCUT2D eigenvalue weighted by Crippen LogP contribution is -2.48. The summed E-state index contributed by atoms with van der Waals surface area (Å²) in [6.45, 7) is 2.08. The first-order chi connectivity index (χ1) is 15.2. The van der Waals surface area contributed by atoms with Gasteiger partial charge in [0.25, 0.3) is 5.91 Å². The second-order valence-electron chi connectivity index (χ2n) is 8.29. The molecule has 1 aromatic heterocycles. The van der Waals surface area contributed by atoms with E-state index in [0.29, 0.717) is 17.9 Å². The van der Waals surface area contributed by atoms with E-state index in [1.807, 2.05) is 64.4 Å². The first-order valence-corrected chi connectivity index (χ1v) is 11.0. The van der Waals surface area contributed by atoms with Crippen LogP contribution in [0, 0.1) is 0 Å². The molecule has 2 aliphatic rings. The largest absolute Gasteiger partial charge is 0.467 e. The van der Waals surface area contributed by atoms with E-state index < -0.39 is 12.0 Å². The van der Waals surface area contributed by atoms with Crippen LogP contribution in [0.1, 0.15) is 52.0 Å². The average molecular weight is 415 g/mol. The molecule has 0 saturated carbocycles. The molecule has 2 amide bonds. The highest BCUT2D eigenvalue weighted by Gasteiger charge is 2.46. The summed E-state index contributed by atoms with van der Waals surface area (Å²) >= 11 is 0. The first-order valence-electron chi connectivity index (χ1n) is 11.0. The van der Waals surface area contributed by atoms with Gasteiger partial charge in [-0.2, -0.15) is 0 Å². The van der Waals surface area contributed by atoms with Crippen LogP contribution >= 0.6 is 0 Å². The van der Waals surface area contributed by atoms with Gasteiger partial charge in [-0.05, 0) is 48.6 Å². The van der Waals surface area contributed by atoms with Crippen molar-refractivity contribution in [1.82, 2.24) is 9.80 Å². The molecular weight excluding hydrogens is 388 g/mol. The van der Waals surface area contributed by atoms with Crippen molar-refractivity contribution in [3.63, 3.8) is 0 Å². The van der Waals surface area contributed by atoms with Crippen LogP contribution < -0.4 is 0 Å². The van der Waals surface area contributed by atoms with Crippen LogP contribution in [0.15, 0.2) is 77.4 Å². The van der Waals surface area contributed by atoms with Gasteiger partial charge in [-0.1, -0.05) is 48.5 Å². The number of amides is 2. The molecule has 0 spiro atoms. The second-order valence-corrected chi connectivity index (χ2v) is 8.29. The first kappa shape index (κ1) is 19.6. The van der Waals surface area contributed by atoms with Crippen LogP contribution in [0.5, 0.6) is 0 Å². The maximum Gasteiger partial charge on any atom is 0.254 e. The maximum atomic E-state index is 13.7. The molecule has 31 heavy (non-hydrogen) atoms. The Morgan fingerprint density at radius 1 is 0.935 bits per heavy atom. The third-order valence-corrected chi connectivity index (χ3v) is 6.44. The lowest BCUT2D eigenvalue weighted by molar-refractivity contribution is -0.133. The monoisotopic (exact) mass is 414 g/mol. The number of fused-ring (bicyclic) bond motifs is 1. The van der Waals surface area contributed by atoms with Gasteiger partial charge in [-0.15, -0.1) is 0 Å². The Hall–Kier alpha value is -3.34. The van der Waals surface area contributed by atoms with Crippen LogP contribution in [0.4, 0.5) is 0 Å². The highest BCUT2D eigenvalue weighted by molar-refractivity contribution is 6.01. The lowest BCUT2D eigenvalue weighted by Gasteiger charge is -2.41. The van der Waals surface area contributed by atoms with Gasteiger partial charge < -0.3 is 14.2 Å². The number of rotatable bonds is 5. The number of hydrogen-bond acceptors (Lipinski definition) is 3. The summed E-state index contributed by atoms with van der Waals surface area (Å²) in [5, 5.41) is 0. The van der Waals surface area contributed by atoms with Crippen molar-refractivity contribution in [2.45, 2.75) is 31.2 Å². The smallest absolute Gasteiger partial charge is 0.254 e. The predicted octanol–water partition coefficient (Wildman–Crippen LogP) is 4.43. The lowest BCUT2D eigenvalue weighted by atomic mass is 9.80. The van der Waals surface area contributed by atoms with Crippen LogP contribution in [0.3, 0.4) is 0 Å².